The SMILES string of the molecule is O=S(=O)([O-])[O-].O=[As]([O-])([O-])[O-].[Cu+2].[Fe+3]. The van der Waals surface area contributed by atoms with Crippen LogP contribution in [-0.2, 0) is 48.3 Å². The third-order valence-electron chi connectivity index (χ3n) is 0. The van der Waals surface area contributed by atoms with E-state index >= 15 is 0 Å². The van der Waals surface area contributed by atoms with E-state index in [0.717, 1.165) is 0 Å². The first-order valence-corrected chi connectivity index (χ1v) is 5.79. The van der Waals surface area contributed by atoms with Crippen molar-refractivity contribution in [2.45, 2.75) is 0 Å². The topological polar surface area (TPSA) is 167 Å². The Balaban J connectivity index is -0.0000000457. The molecule has 0 saturated carbocycles. The minimum atomic E-state index is -5.88. The van der Waals surface area contributed by atoms with Gasteiger partial charge in [-0.3, -0.25) is 8.42 Å². The molecule has 0 bridgehead atoms. The molecule has 2 radical (unpaired) electrons. The molecule has 0 aliphatic carbocycles. The van der Waals surface area contributed by atoms with Gasteiger partial charge in [-0.25, -0.2) is 0 Å². The molecule has 0 spiro atoms. The van der Waals surface area contributed by atoms with Crippen molar-refractivity contribution >= 4 is 24.9 Å². The molecule has 12 heavy (non-hydrogen) atoms. The third-order valence-corrected chi connectivity index (χ3v) is 0. The van der Waals surface area contributed by atoms with E-state index in [9.17, 15) is 0 Å². The summed E-state index contributed by atoms with van der Waals surface area (Å²) in [6, 6.07) is 0. The molecule has 8 nitrogen and oxygen atoms in total. The maximum absolute atomic E-state index is 8.61. The third kappa shape index (κ3) is 872. The Morgan fingerprint density at radius 3 is 1.00 bits per heavy atom. The summed E-state index contributed by atoms with van der Waals surface area (Å²) < 4.78 is 68.5. The van der Waals surface area contributed by atoms with Crippen LogP contribution in [0.5, 0.6) is 0 Å². The van der Waals surface area contributed by atoms with E-state index in [2.05, 4.69) is 0 Å². The fourth-order valence-corrected chi connectivity index (χ4v) is 0. The van der Waals surface area contributed by atoms with Gasteiger partial charge in [-0.1, -0.05) is 0 Å². The molecule has 0 atom stereocenters. The minimum Gasteiger partial charge on any atom is 2.00 e. The van der Waals surface area contributed by atoms with E-state index in [1.54, 1.807) is 0 Å². The molecule has 78 valence electrons. The zero-order valence-electron chi connectivity index (χ0n) is 4.78. The fourth-order valence-electron chi connectivity index (χ4n) is 0. The molecule has 0 heterocycles. The Morgan fingerprint density at radius 1 is 1.00 bits per heavy atom. The van der Waals surface area contributed by atoms with Gasteiger partial charge in [0.1, 0.15) is 0 Å². The molecule has 0 saturated heterocycles. The van der Waals surface area contributed by atoms with Gasteiger partial charge in [0.05, 0.1) is 0 Å². The monoisotopic (exact) mass is 354 g/mol. The second-order valence-corrected chi connectivity index (χ2v) is 3.55. The molecule has 0 rings (SSSR count). The average molecular weight is 354 g/mol. The largest absolute Gasteiger partial charge is 3.00 e. The molecule has 0 aliphatic rings. The van der Waals surface area contributed by atoms with Crippen LogP contribution in [0.2, 0.25) is 0 Å². The number of rotatable bonds is 0. The Kier molecular flexibility index (Phi) is 16.9. The van der Waals surface area contributed by atoms with Crippen molar-refractivity contribution in [3.05, 3.63) is 0 Å². The Labute approximate surface area is 92.2 Å². The Hall–Kier alpha value is 1.15. The molecule has 0 amide bonds. The minimum absolute atomic E-state index is 0. The van der Waals surface area contributed by atoms with Crippen LogP contribution in [0.1, 0.15) is 0 Å². The van der Waals surface area contributed by atoms with Crippen LogP contribution in [-0.4, -0.2) is 32.0 Å². The molecular weight excluding hydrogens is 354 g/mol. The van der Waals surface area contributed by atoms with Crippen LogP contribution in [0.4, 0.5) is 0 Å². The first-order chi connectivity index (χ1) is 4.00. The normalized spacial score (nSPS) is 9.75. The summed E-state index contributed by atoms with van der Waals surface area (Å²) in [5.41, 5.74) is 0. The number of hydrogen-bond donors (Lipinski definition) is 0. The quantitative estimate of drug-likeness (QED) is 0.236. The molecule has 0 aromatic carbocycles. The molecule has 0 fully saturated rings. The van der Waals surface area contributed by atoms with Crippen molar-refractivity contribution < 1.29 is 67.7 Å². The predicted molar refractivity (Wildman–Crippen MR) is 16.9 cm³/mol. The van der Waals surface area contributed by atoms with Crippen molar-refractivity contribution in [3.63, 3.8) is 0 Å². The zero-order valence-corrected chi connectivity index (χ0v) is 9.52. The van der Waals surface area contributed by atoms with Crippen LogP contribution in [0, 0.1) is 0 Å². The van der Waals surface area contributed by atoms with Crippen LogP contribution in [0.15, 0.2) is 0 Å². The Morgan fingerprint density at radius 2 is 1.00 bits per heavy atom. The van der Waals surface area contributed by atoms with Crippen molar-refractivity contribution in [2.24, 2.45) is 0 Å². The van der Waals surface area contributed by atoms with Gasteiger partial charge in [0.15, 0.2) is 0 Å². The first-order valence-electron chi connectivity index (χ1n) is 1.40. The maximum Gasteiger partial charge on any atom is 3.00 e. The molecule has 0 aliphatic heterocycles. The van der Waals surface area contributed by atoms with Crippen molar-refractivity contribution in [1.29, 1.82) is 0 Å². The van der Waals surface area contributed by atoms with E-state index in [-0.39, 0.29) is 34.1 Å². The van der Waals surface area contributed by atoms with Gasteiger partial charge in [-0.05, 0) is 0 Å². The predicted octanol–water partition coefficient (Wildman–Crippen LogP) is -5.41. The summed E-state index contributed by atoms with van der Waals surface area (Å²) in [5.74, 6) is 0. The summed E-state index contributed by atoms with van der Waals surface area (Å²) in [4.78, 5) is 0. The first kappa shape index (κ1) is 23.2. The van der Waals surface area contributed by atoms with Crippen LogP contribution in [0.25, 0.3) is 0 Å². The summed E-state index contributed by atoms with van der Waals surface area (Å²) in [6.07, 6.45) is 0. The van der Waals surface area contributed by atoms with Gasteiger partial charge >= 0.3 is 64.7 Å². The zero-order chi connectivity index (χ0) is 9.00. The molecule has 12 heteroatoms. The van der Waals surface area contributed by atoms with Gasteiger partial charge in [0.2, 0.25) is 0 Å². The second kappa shape index (κ2) is 8.73. The molecule has 0 aromatic rings. The van der Waals surface area contributed by atoms with Crippen LogP contribution in [0.3, 0.4) is 0 Å². The molecule has 0 N–H and O–H groups in total. The second-order valence-electron chi connectivity index (χ2n) is 0.855. The van der Waals surface area contributed by atoms with Crippen molar-refractivity contribution in [2.75, 3.05) is 0 Å². The molecule has 0 unspecified atom stereocenters. The number of hydrogen-bond acceptors (Lipinski definition) is 8. The molecular formula is AsCuFeO8S. The van der Waals surface area contributed by atoms with Gasteiger partial charge in [-0.15, -0.1) is 0 Å². The van der Waals surface area contributed by atoms with Gasteiger partial charge in [0, 0.05) is 10.4 Å². The van der Waals surface area contributed by atoms with E-state index in [0.29, 0.717) is 0 Å². The van der Waals surface area contributed by atoms with E-state index in [4.69, 9.17) is 33.5 Å². The summed E-state index contributed by atoms with van der Waals surface area (Å²) in [6.45, 7) is 0. The van der Waals surface area contributed by atoms with Crippen molar-refractivity contribution in [3.8, 4) is 0 Å². The fraction of sp³-hybridized carbons (Fsp3) is 0. The average Bonchev–Trinajstić information content (AvgIpc) is 1.12. The summed E-state index contributed by atoms with van der Waals surface area (Å²) in [7, 11) is -5.17. The summed E-state index contributed by atoms with van der Waals surface area (Å²) >= 11 is -5.88. The van der Waals surface area contributed by atoms with E-state index in [1.807, 2.05) is 0 Å². The van der Waals surface area contributed by atoms with Gasteiger partial charge < -0.3 is 9.11 Å². The van der Waals surface area contributed by atoms with E-state index in [1.165, 1.54) is 0 Å². The smallest absolute Gasteiger partial charge is 2.00 e. The van der Waals surface area contributed by atoms with Gasteiger partial charge in [-0.2, -0.15) is 0 Å². The maximum atomic E-state index is 8.61. The molecule has 0 aromatic heterocycles. The van der Waals surface area contributed by atoms with Crippen LogP contribution >= 0.6 is 0 Å². The standard InChI is InChI=1S/AsH3O4.Cu.Fe.H2O4S/c2-1(3,4)5;;;1-5(2,3)4/h(H3,2,3,4,5);;;(H2,1,2,3,4)/q;+2;+3;/p-5. The van der Waals surface area contributed by atoms with Gasteiger partial charge in [0.25, 0.3) is 0 Å². The van der Waals surface area contributed by atoms with E-state index < -0.39 is 24.9 Å². The summed E-state index contributed by atoms with van der Waals surface area (Å²) in [5, 5.41) is 0. The van der Waals surface area contributed by atoms with Crippen molar-refractivity contribution in [1.82, 2.24) is 0 Å². The Bertz CT molecular complexity index is 197. The van der Waals surface area contributed by atoms with Crippen LogP contribution < -0.4 is 12.3 Å².